The van der Waals surface area contributed by atoms with Crippen LogP contribution in [0.25, 0.3) is 0 Å². The zero-order chi connectivity index (χ0) is 14.4. The van der Waals surface area contributed by atoms with E-state index in [0.717, 1.165) is 38.8 Å². The third kappa shape index (κ3) is 2.40. The Balaban J connectivity index is 1.47. The van der Waals surface area contributed by atoms with Crippen LogP contribution in [0, 0.1) is 17.8 Å². The molecule has 3 aliphatic carbocycles. The van der Waals surface area contributed by atoms with Gasteiger partial charge in [0, 0.05) is 18.5 Å². The minimum Gasteiger partial charge on any atom is -0.374 e. The van der Waals surface area contributed by atoms with Gasteiger partial charge in [-0.15, -0.1) is 0 Å². The van der Waals surface area contributed by atoms with Gasteiger partial charge in [-0.05, 0) is 56.8 Å². The normalized spacial score (nSPS) is 46.2. The Morgan fingerprint density at radius 1 is 1.05 bits per heavy atom. The third-order valence-electron chi connectivity index (χ3n) is 6.53. The standard InChI is InChI=1S/C17H28N2O2/c18-16-11-3-1-4-12(16)10-13(9-11)17(20)19-7-8-21-15-6-2-5-14(15)19/h11-16H,1-10,18H2. The van der Waals surface area contributed by atoms with Crippen LogP contribution in [0.1, 0.15) is 51.4 Å². The molecule has 2 bridgehead atoms. The maximum atomic E-state index is 13.1. The second kappa shape index (κ2) is 5.54. The number of carbonyl (C=O) groups is 1. The lowest BCUT2D eigenvalue weighted by Crippen LogP contribution is -2.55. The molecule has 4 atom stereocenters. The molecule has 1 amide bonds. The van der Waals surface area contributed by atoms with Crippen LogP contribution < -0.4 is 5.73 Å². The van der Waals surface area contributed by atoms with Crippen molar-refractivity contribution >= 4 is 5.91 Å². The smallest absolute Gasteiger partial charge is 0.226 e. The highest BCUT2D eigenvalue weighted by atomic mass is 16.5. The average molecular weight is 292 g/mol. The first-order valence-electron chi connectivity index (χ1n) is 8.91. The Hall–Kier alpha value is -0.610. The molecule has 3 saturated carbocycles. The summed E-state index contributed by atoms with van der Waals surface area (Å²) >= 11 is 0. The van der Waals surface area contributed by atoms with E-state index in [-0.39, 0.29) is 5.92 Å². The minimum absolute atomic E-state index is 0.236. The van der Waals surface area contributed by atoms with E-state index in [4.69, 9.17) is 10.5 Å². The minimum atomic E-state index is 0.236. The van der Waals surface area contributed by atoms with Gasteiger partial charge in [-0.25, -0.2) is 0 Å². The van der Waals surface area contributed by atoms with Gasteiger partial charge in [-0.2, -0.15) is 0 Å². The number of morpholine rings is 1. The Bertz CT molecular complexity index is 400. The molecule has 0 radical (unpaired) electrons. The fraction of sp³-hybridized carbons (Fsp3) is 0.941. The van der Waals surface area contributed by atoms with Gasteiger partial charge in [0.05, 0.1) is 18.8 Å². The van der Waals surface area contributed by atoms with Crippen LogP contribution in [0.3, 0.4) is 0 Å². The van der Waals surface area contributed by atoms with Crippen molar-refractivity contribution in [1.29, 1.82) is 0 Å². The summed E-state index contributed by atoms with van der Waals surface area (Å²) in [5.41, 5.74) is 6.37. The van der Waals surface area contributed by atoms with Gasteiger partial charge in [0.25, 0.3) is 0 Å². The van der Waals surface area contributed by atoms with Crippen molar-refractivity contribution in [2.45, 2.75) is 69.6 Å². The van der Waals surface area contributed by atoms with Crippen molar-refractivity contribution < 1.29 is 9.53 Å². The van der Waals surface area contributed by atoms with Gasteiger partial charge in [0.2, 0.25) is 5.91 Å². The van der Waals surface area contributed by atoms with E-state index in [1.807, 2.05) is 0 Å². The van der Waals surface area contributed by atoms with Crippen LogP contribution in [-0.4, -0.2) is 42.1 Å². The van der Waals surface area contributed by atoms with Gasteiger partial charge in [0.15, 0.2) is 0 Å². The number of hydrogen-bond acceptors (Lipinski definition) is 3. The number of ether oxygens (including phenoxy) is 1. The van der Waals surface area contributed by atoms with Crippen LogP contribution in [0.5, 0.6) is 0 Å². The van der Waals surface area contributed by atoms with E-state index in [0.29, 0.717) is 35.9 Å². The molecular weight excluding hydrogens is 264 g/mol. The molecule has 4 heteroatoms. The largest absolute Gasteiger partial charge is 0.374 e. The summed E-state index contributed by atoms with van der Waals surface area (Å²) in [5.74, 6) is 1.83. The molecule has 0 aromatic rings. The van der Waals surface area contributed by atoms with E-state index in [2.05, 4.69) is 4.90 Å². The summed E-state index contributed by atoms with van der Waals surface area (Å²) in [6, 6.07) is 0.716. The number of nitrogens with zero attached hydrogens (tertiary/aromatic N) is 1. The predicted octanol–water partition coefficient (Wildman–Crippen LogP) is 1.92. The first kappa shape index (κ1) is 14.0. The highest BCUT2D eigenvalue weighted by Crippen LogP contribution is 2.43. The van der Waals surface area contributed by atoms with Gasteiger partial charge >= 0.3 is 0 Å². The number of nitrogens with two attached hydrogens (primary N) is 1. The molecule has 4 fully saturated rings. The van der Waals surface area contributed by atoms with Gasteiger partial charge in [-0.1, -0.05) is 6.42 Å². The third-order valence-corrected chi connectivity index (χ3v) is 6.53. The molecule has 4 rings (SSSR count). The summed E-state index contributed by atoms with van der Waals surface area (Å²) < 4.78 is 5.85. The van der Waals surface area contributed by atoms with Crippen molar-refractivity contribution in [2.75, 3.05) is 13.2 Å². The Morgan fingerprint density at radius 3 is 2.52 bits per heavy atom. The highest BCUT2D eigenvalue weighted by Gasteiger charge is 2.45. The monoisotopic (exact) mass is 292 g/mol. The van der Waals surface area contributed by atoms with Crippen LogP contribution in [-0.2, 0) is 9.53 Å². The molecule has 0 spiro atoms. The Labute approximate surface area is 127 Å². The summed E-state index contributed by atoms with van der Waals surface area (Å²) in [6.07, 6.45) is 9.63. The molecule has 21 heavy (non-hydrogen) atoms. The van der Waals surface area contributed by atoms with Gasteiger partial charge < -0.3 is 15.4 Å². The molecule has 4 unspecified atom stereocenters. The zero-order valence-electron chi connectivity index (χ0n) is 12.9. The molecule has 118 valence electrons. The van der Waals surface area contributed by atoms with E-state index in [1.54, 1.807) is 0 Å². The van der Waals surface area contributed by atoms with Crippen LogP contribution >= 0.6 is 0 Å². The maximum absolute atomic E-state index is 13.1. The molecule has 2 N–H and O–H groups in total. The van der Waals surface area contributed by atoms with E-state index < -0.39 is 0 Å². The summed E-state index contributed by atoms with van der Waals surface area (Å²) in [6.45, 7) is 1.53. The van der Waals surface area contributed by atoms with E-state index >= 15 is 0 Å². The summed E-state index contributed by atoms with van der Waals surface area (Å²) in [5, 5.41) is 0. The number of hydrogen-bond donors (Lipinski definition) is 1. The summed E-state index contributed by atoms with van der Waals surface area (Å²) in [4.78, 5) is 15.2. The van der Waals surface area contributed by atoms with Crippen molar-refractivity contribution in [2.24, 2.45) is 23.5 Å². The molecule has 0 aromatic carbocycles. The molecule has 1 saturated heterocycles. The van der Waals surface area contributed by atoms with E-state index in [9.17, 15) is 4.79 Å². The lowest BCUT2D eigenvalue weighted by Gasteiger charge is -2.46. The number of rotatable bonds is 1. The first-order valence-corrected chi connectivity index (χ1v) is 8.91. The molecule has 4 aliphatic rings. The lowest BCUT2D eigenvalue weighted by molar-refractivity contribution is -0.151. The predicted molar refractivity (Wildman–Crippen MR) is 80.6 cm³/mol. The fourth-order valence-corrected chi connectivity index (χ4v) is 5.42. The maximum Gasteiger partial charge on any atom is 0.226 e. The molecular formula is C17H28N2O2. The Morgan fingerprint density at radius 2 is 1.76 bits per heavy atom. The van der Waals surface area contributed by atoms with Crippen molar-refractivity contribution in [3.8, 4) is 0 Å². The number of amides is 1. The second-order valence-electron chi connectivity index (χ2n) is 7.64. The number of carbonyl (C=O) groups excluding carboxylic acids is 1. The topological polar surface area (TPSA) is 55.6 Å². The Kier molecular flexibility index (Phi) is 3.70. The van der Waals surface area contributed by atoms with Crippen LogP contribution in [0.4, 0.5) is 0 Å². The van der Waals surface area contributed by atoms with Crippen molar-refractivity contribution in [1.82, 2.24) is 4.90 Å². The molecule has 1 aliphatic heterocycles. The molecule has 0 aromatic heterocycles. The zero-order valence-corrected chi connectivity index (χ0v) is 12.9. The van der Waals surface area contributed by atoms with Gasteiger partial charge in [-0.3, -0.25) is 4.79 Å². The van der Waals surface area contributed by atoms with Crippen molar-refractivity contribution in [3.05, 3.63) is 0 Å². The SMILES string of the molecule is NC1C2CCCC1CC(C(=O)N1CCOC3CCCC31)C2. The summed E-state index contributed by atoms with van der Waals surface area (Å²) in [7, 11) is 0. The number of fused-ring (bicyclic) bond motifs is 3. The highest BCUT2D eigenvalue weighted by molar-refractivity contribution is 5.79. The van der Waals surface area contributed by atoms with Crippen molar-refractivity contribution in [3.63, 3.8) is 0 Å². The van der Waals surface area contributed by atoms with Crippen LogP contribution in [0.15, 0.2) is 0 Å². The lowest BCUT2D eigenvalue weighted by atomic mass is 9.65. The van der Waals surface area contributed by atoms with Gasteiger partial charge in [0.1, 0.15) is 0 Å². The molecule has 1 heterocycles. The second-order valence-corrected chi connectivity index (χ2v) is 7.64. The first-order chi connectivity index (χ1) is 10.2. The molecule has 4 nitrogen and oxygen atoms in total. The average Bonchev–Trinajstić information content (AvgIpc) is 2.94. The van der Waals surface area contributed by atoms with Crippen LogP contribution in [0.2, 0.25) is 0 Å². The fourth-order valence-electron chi connectivity index (χ4n) is 5.42. The van der Waals surface area contributed by atoms with E-state index in [1.165, 1.54) is 25.7 Å². The quantitative estimate of drug-likeness (QED) is 0.803.